The number of carbonyl (C=O) groups is 1. The summed E-state index contributed by atoms with van der Waals surface area (Å²) in [6, 6.07) is 4.88. The van der Waals surface area contributed by atoms with Gasteiger partial charge in [-0.15, -0.1) is 0 Å². The van der Waals surface area contributed by atoms with Crippen molar-refractivity contribution in [1.82, 2.24) is 0 Å². The van der Waals surface area contributed by atoms with Gasteiger partial charge in [-0.05, 0) is 23.3 Å². The topological polar surface area (TPSA) is 66.8 Å². The molecule has 0 unspecified atom stereocenters. The first-order chi connectivity index (χ1) is 7.63. The van der Waals surface area contributed by atoms with Crippen LogP contribution < -0.4 is 0 Å². The molecule has 0 spiro atoms. The van der Waals surface area contributed by atoms with Crippen LogP contribution in [0.1, 0.15) is 27.6 Å². The number of aliphatic hydroxyl groups excluding tert-OH is 2. The Morgan fingerprint density at radius 2 is 2.12 bits per heavy atom. The van der Waals surface area contributed by atoms with Gasteiger partial charge in [0, 0.05) is 0 Å². The van der Waals surface area contributed by atoms with Gasteiger partial charge >= 0.3 is 5.97 Å². The number of rotatable bonds is 1. The van der Waals surface area contributed by atoms with Crippen molar-refractivity contribution < 1.29 is 19.7 Å². The Hall–Kier alpha value is -1.65. The number of carbonyl (C=O) groups excluding carboxylic acids is 1. The van der Waals surface area contributed by atoms with Gasteiger partial charge < -0.3 is 14.9 Å². The van der Waals surface area contributed by atoms with Crippen LogP contribution in [-0.2, 0) is 4.74 Å². The first-order valence-electron chi connectivity index (χ1n) is 4.90. The predicted octanol–water partition coefficient (Wildman–Crippen LogP) is 0.894. The number of aliphatic hydroxyl groups is 2. The fourth-order valence-corrected chi connectivity index (χ4v) is 1.72. The maximum atomic E-state index is 11.3. The van der Waals surface area contributed by atoms with Crippen molar-refractivity contribution >= 4 is 12.0 Å². The molecule has 2 atom stereocenters. The number of hydrogen-bond acceptors (Lipinski definition) is 4. The quantitative estimate of drug-likeness (QED) is 0.690. The SMILES string of the molecule is COC(=O)c1ccc2c(c1)[C@@H](O)[C@@H](O)C=C2. The molecule has 84 valence electrons. The van der Waals surface area contributed by atoms with Gasteiger partial charge in [0.15, 0.2) is 0 Å². The van der Waals surface area contributed by atoms with Crippen molar-refractivity contribution in [3.63, 3.8) is 0 Å². The minimum absolute atomic E-state index is 0.364. The largest absolute Gasteiger partial charge is 0.465 e. The van der Waals surface area contributed by atoms with E-state index in [2.05, 4.69) is 4.74 Å². The zero-order valence-corrected chi connectivity index (χ0v) is 8.75. The van der Waals surface area contributed by atoms with Crippen molar-refractivity contribution in [3.8, 4) is 0 Å². The number of methoxy groups -OCH3 is 1. The van der Waals surface area contributed by atoms with Crippen LogP contribution in [0, 0.1) is 0 Å². The van der Waals surface area contributed by atoms with Crippen LogP contribution in [0.25, 0.3) is 6.08 Å². The van der Waals surface area contributed by atoms with Crippen molar-refractivity contribution in [2.24, 2.45) is 0 Å². The predicted molar refractivity (Wildman–Crippen MR) is 57.8 cm³/mol. The molecule has 0 heterocycles. The second kappa shape index (κ2) is 4.08. The third-order valence-corrected chi connectivity index (χ3v) is 2.62. The minimum atomic E-state index is -0.996. The third kappa shape index (κ3) is 1.73. The standard InChI is InChI=1S/C12H12O4/c1-16-12(15)8-3-2-7-4-5-10(13)11(14)9(7)6-8/h2-6,10-11,13-14H,1H3/t10-,11+/m0/s1. The van der Waals surface area contributed by atoms with Gasteiger partial charge in [0.05, 0.1) is 12.7 Å². The van der Waals surface area contributed by atoms with Crippen LogP contribution >= 0.6 is 0 Å². The van der Waals surface area contributed by atoms with Crippen LogP contribution in [0.15, 0.2) is 24.3 Å². The summed E-state index contributed by atoms with van der Waals surface area (Å²) in [7, 11) is 1.30. The summed E-state index contributed by atoms with van der Waals surface area (Å²) in [5.41, 5.74) is 1.70. The smallest absolute Gasteiger partial charge is 0.337 e. The molecule has 0 radical (unpaired) electrons. The van der Waals surface area contributed by atoms with Gasteiger partial charge in [0.2, 0.25) is 0 Å². The Morgan fingerprint density at radius 1 is 1.38 bits per heavy atom. The van der Waals surface area contributed by atoms with Gasteiger partial charge in [-0.2, -0.15) is 0 Å². The van der Waals surface area contributed by atoms with E-state index >= 15 is 0 Å². The highest BCUT2D eigenvalue weighted by atomic mass is 16.5. The maximum Gasteiger partial charge on any atom is 0.337 e. The van der Waals surface area contributed by atoms with E-state index in [1.54, 1.807) is 24.3 Å². The van der Waals surface area contributed by atoms with Crippen LogP contribution in [0.2, 0.25) is 0 Å². The highest BCUT2D eigenvalue weighted by Gasteiger charge is 2.23. The Balaban J connectivity index is 2.45. The molecule has 4 heteroatoms. The zero-order valence-electron chi connectivity index (χ0n) is 8.75. The van der Waals surface area contributed by atoms with Crippen molar-refractivity contribution in [1.29, 1.82) is 0 Å². The molecule has 1 aromatic rings. The lowest BCUT2D eigenvalue weighted by molar-refractivity contribution is 0.0466. The molecule has 0 aromatic heterocycles. The molecule has 1 aliphatic carbocycles. The molecular formula is C12H12O4. The van der Waals surface area contributed by atoms with E-state index in [0.717, 1.165) is 5.56 Å². The van der Waals surface area contributed by atoms with Gasteiger partial charge in [0.25, 0.3) is 0 Å². The lowest BCUT2D eigenvalue weighted by Crippen LogP contribution is -2.20. The molecule has 1 aromatic carbocycles. The molecule has 0 aliphatic heterocycles. The monoisotopic (exact) mass is 220 g/mol. The molecule has 16 heavy (non-hydrogen) atoms. The number of benzene rings is 1. The van der Waals surface area contributed by atoms with E-state index in [1.807, 2.05) is 0 Å². The Labute approximate surface area is 92.8 Å². The second-order valence-corrected chi connectivity index (χ2v) is 3.63. The van der Waals surface area contributed by atoms with Crippen molar-refractivity contribution in [2.75, 3.05) is 7.11 Å². The number of fused-ring (bicyclic) bond motifs is 1. The number of ether oxygens (including phenoxy) is 1. The number of hydrogen-bond donors (Lipinski definition) is 2. The van der Waals surface area contributed by atoms with Crippen LogP contribution in [0.5, 0.6) is 0 Å². The Kier molecular flexibility index (Phi) is 2.77. The Bertz CT molecular complexity index is 450. The van der Waals surface area contributed by atoms with E-state index in [9.17, 15) is 15.0 Å². The highest BCUT2D eigenvalue weighted by molar-refractivity contribution is 5.90. The van der Waals surface area contributed by atoms with Crippen molar-refractivity contribution in [2.45, 2.75) is 12.2 Å². The van der Waals surface area contributed by atoms with Gasteiger partial charge in [-0.25, -0.2) is 4.79 Å². The third-order valence-electron chi connectivity index (χ3n) is 2.62. The van der Waals surface area contributed by atoms with Gasteiger partial charge in [-0.1, -0.05) is 18.2 Å². The number of esters is 1. The van der Waals surface area contributed by atoms with Crippen molar-refractivity contribution in [3.05, 3.63) is 41.0 Å². The first kappa shape index (κ1) is 10.9. The second-order valence-electron chi connectivity index (χ2n) is 3.63. The summed E-state index contributed by atoms with van der Waals surface area (Å²) in [5, 5.41) is 19.2. The molecule has 2 rings (SSSR count). The average Bonchev–Trinajstić information content (AvgIpc) is 2.32. The van der Waals surface area contributed by atoms with E-state index in [1.165, 1.54) is 13.2 Å². The average molecular weight is 220 g/mol. The van der Waals surface area contributed by atoms with Crippen LogP contribution in [0.4, 0.5) is 0 Å². The lowest BCUT2D eigenvalue weighted by Gasteiger charge is -2.22. The molecule has 0 fully saturated rings. The lowest BCUT2D eigenvalue weighted by atomic mass is 9.91. The van der Waals surface area contributed by atoms with Gasteiger partial charge in [-0.3, -0.25) is 0 Å². The molecule has 1 aliphatic rings. The summed E-state index contributed by atoms with van der Waals surface area (Å²) < 4.78 is 4.59. The molecule has 0 amide bonds. The van der Waals surface area contributed by atoms with E-state index in [4.69, 9.17) is 0 Å². The van der Waals surface area contributed by atoms with E-state index in [0.29, 0.717) is 11.1 Å². The fourth-order valence-electron chi connectivity index (χ4n) is 1.72. The Morgan fingerprint density at radius 3 is 2.81 bits per heavy atom. The molecule has 4 nitrogen and oxygen atoms in total. The highest BCUT2D eigenvalue weighted by Crippen LogP contribution is 2.28. The normalized spacial score (nSPS) is 22.7. The summed E-state index contributed by atoms with van der Waals surface area (Å²) >= 11 is 0. The molecule has 0 saturated heterocycles. The first-order valence-corrected chi connectivity index (χ1v) is 4.90. The molecule has 2 N–H and O–H groups in total. The molecule has 0 saturated carbocycles. The molecular weight excluding hydrogens is 208 g/mol. The van der Waals surface area contributed by atoms with Crippen LogP contribution in [-0.4, -0.2) is 29.4 Å². The molecule has 0 bridgehead atoms. The zero-order chi connectivity index (χ0) is 11.7. The van der Waals surface area contributed by atoms with E-state index in [-0.39, 0.29) is 0 Å². The minimum Gasteiger partial charge on any atom is -0.465 e. The maximum absolute atomic E-state index is 11.3. The summed E-state index contributed by atoms with van der Waals surface area (Å²) in [5.74, 6) is -0.459. The van der Waals surface area contributed by atoms with E-state index < -0.39 is 18.2 Å². The summed E-state index contributed by atoms with van der Waals surface area (Å²) in [6.07, 6.45) is 1.31. The fraction of sp³-hybridized carbons (Fsp3) is 0.250. The summed E-state index contributed by atoms with van der Waals surface area (Å²) in [4.78, 5) is 11.3. The van der Waals surface area contributed by atoms with Gasteiger partial charge in [0.1, 0.15) is 12.2 Å². The summed E-state index contributed by atoms with van der Waals surface area (Å²) in [6.45, 7) is 0. The van der Waals surface area contributed by atoms with Crippen LogP contribution in [0.3, 0.4) is 0 Å².